The molecule has 7 heteroatoms. The van der Waals surface area contributed by atoms with Gasteiger partial charge >= 0.3 is 12.0 Å². The number of nitrogens with one attached hydrogen (secondary N) is 2. The van der Waals surface area contributed by atoms with Crippen LogP contribution in [0.1, 0.15) is 25.3 Å². The molecule has 0 bridgehead atoms. The highest BCUT2D eigenvalue weighted by atomic mass is 35.5. The Bertz CT molecular complexity index is 908. The summed E-state index contributed by atoms with van der Waals surface area (Å²) in [5.74, 6) is -0.935. The molecule has 1 aliphatic rings. The van der Waals surface area contributed by atoms with Gasteiger partial charge in [-0.3, -0.25) is 5.32 Å². The Hall–Kier alpha value is -2.99. The Morgan fingerprint density at radius 1 is 1.04 bits per heavy atom. The van der Waals surface area contributed by atoms with Crippen LogP contribution in [0.15, 0.2) is 66.1 Å². The van der Waals surface area contributed by atoms with E-state index < -0.39 is 23.5 Å². The Kier molecular flexibility index (Phi) is 5.61. The van der Waals surface area contributed by atoms with E-state index in [0.717, 1.165) is 5.56 Å². The smallest absolute Gasteiger partial charge is 0.339 e. The summed E-state index contributed by atoms with van der Waals surface area (Å²) in [6, 6.07) is 15.6. The fraction of sp³-hybridized carbons (Fsp3) is 0.238. The molecule has 0 aromatic heterocycles. The summed E-state index contributed by atoms with van der Waals surface area (Å²) in [7, 11) is 1.29. The van der Waals surface area contributed by atoms with E-state index in [4.69, 9.17) is 21.1 Å². The van der Waals surface area contributed by atoms with Crippen LogP contribution in [0.4, 0.5) is 10.5 Å². The first-order valence-electron chi connectivity index (χ1n) is 8.72. The molecule has 28 heavy (non-hydrogen) atoms. The average molecular weight is 401 g/mol. The number of amides is 2. The second-order valence-corrected chi connectivity index (χ2v) is 7.31. The summed E-state index contributed by atoms with van der Waals surface area (Å²) in [6.07, 6.45) is 0. The zero-order valence-corrected chi connectivity index (χ0v) is 16.5. The molecule has 0 aliphatic carbocycles. The second-order valence-electron chi connectivity index (χ2n) is 6.87. The van der Waals surface area contributed by atoms with E-state index in [1.54, 1.807) is 36.4 Å². The number of esters is 1. The minimum Gasteiger partial charge on any atom is -0.471 e. The lowest BCUT2D eigenvalue weighted by Gasteiger charge is -2.28. The maximum absolute atomic E-state index is 12.5. The van der Waals surface area contributed by atoms with Crippen molar-refractivity contribution in [3.8, 4) is 0 Å². The van der Waals surface area contributed by atoms with Crippen molar-refractivity contribution in [3.63, 3.8) is 0 Å². The number of carbonyl (C=O) groups excluding carboxylic acids is 2. The second kappa shape index (κ2) is 7.94. The molecule has 0 radical (unpaired) electrons. The molecule has 2 aromatic carbocycles. The topological polar surface area (TPSA) is 76.7 Å². The normalized spacial score (nSPS) is 17.6. The number of anilines is 1. The van der Waals surface area contributed by atoms with Crippen LogP contribution in [0, 0.1) is 0 Å². The van der Waals surface area contributed by atoms with Gasteiger partial charge < -0.3 is 14.8 Å². The number of hydrogen-bond donors (Lipinski definition) is 2. The Balaban J connectivity index is 1.93. The molecule has 3 rings (SSSR count). The van der Waals surface area contributed by atoms with Crippen molar-refractivity contribution in [2.45, 2.75) is 25.4 Å². The van der Waals surface area contributed by atoms with E-state index in [1.165, 1.54) is 7.11 Å². The third-order valence-electron chi connectivity index (χ3n) is 4.46. The first-order chi connectivity index (χ1) is 13.3. The lowest BCUT2D eigenvalue weighted by atomic mass is 9.81. The number of ether oxygens (including phenoxy) is 2. The summed E-state index contributed by atoms with van der Waals surface area (Å²) < 4.78 is 10.9. The van der Waals surface area contributed by atoms with Crippen LogP contribution < -0.4 is 10.6 Å². The van der Waals surface area contributed by atoms with Crippen molar-refractivity contribution in [2.24, 2.45) is 0 Å². The van der Waals surface area contributed by atoms with E-state index in [2.05, 4.69) is 10.6 Å². The Morgan fingerprint density at radius 3 is 2.29 bits per heavy atom. The molecular formula is C21H21ClN2O4. The molecule has 0 saturated heterocycles. The number of methoxy groups -OCH3 is 1. The SMILES string of the molecule is COC(=O)C1=C(NC(=O)Nc2ccccc2)OC(C)(C)[C@@H]1c1ccc(Cl)cc1. The fourth-order valence-electron chi connectivity index (χ4n) is 3.28. The minimum atomic E-state index is -0.785. The van der Waals surface area contributed by atoms with Gasteiger partial charge in [-0.25, -0.2) is 9.59 Å². The molecule has 0 fully saturated rings. The standard InChI is InChI=1S/C21H21ClN2O4/c1-21(2)17(13-9-11-14(22)12-10-13)16(19(25)27-3)18(28-21)24-20(26)23-15-7-5-4-6-8-15/h4-12,17H,1-3H3,(H2,23,24,26)/t17-/m1/s1. The van der Waals surface area contributed by atoms with Crippen LogP contribution >= 0.6 is 11.6 Å². The monoisotopic (exact) mass is 400 g/mol. The van der Waals surface area contributed by atoms with Crippen molar-refractivity contribution in [1.29, 1.82) is 0 Å². The molecule has 0 spiro atoms. The van der Waals surface area contributed by atoms with Gasteiger partial charge in [-0.15, -0.1) is 0 Å². The molecule has 2 amide bonds. The quantitative estimate of drug-likeness (QED) is 0.744. The van der Waals surface area contributed by atoms with Gasteiger partial charge in [0.15, 0.2) is 0 Å². The lowest BCUT2D eigenvalue weighted by molar-refractivity contribution is -0.136. The molecule has 1 atom stereocenters. The van der Waals surface area contributed by atoms with Crippen molar-refractivity contribution in [2.75, 3.05) is 12.4 Å². The van der Waals surface area contributed by atoms with Crippen LogP contribution in [-0.2, 0) is 14.3 Å². The molecule has 0 saturated carbocycles. The fourth-order valence-corrected chi connectivity index (χ4v) is 3.41. The first kappa shape index (κ1) is 19.8. The number of para-hydroxylation sites is 1. The molecular weight excluding hydrogens is 380 g/mol. The molecule has 146 valence electrons. The summed E-state index contributed by atoms with van der Waals surface area (Å²) in [5.41, 5.74) is 0.909. The number of urea groups is 1. The minimum absolute atomic E-state index is 0.0743. The Labute approximate surface area is 168 Å². The Morgan fingerprint density at radius 2 is 1.68 bits per heavy atom. The van der Waals surface area contributed by atoms with Crippen LogP contribution in [0.2, 0.25) is 5.02 Å². The number of benzene rings is 2. The summed E-state index contributed by atoms with van der Waals surface area (Å²) in [4.78, 5) is 25.0. The van der Waals surface area contributed by atoms with Gasteiger partial charge in [-0.2, -0.15) is 0 Å². The van der Waals surface area contributed by atoms with E-state index in [1.807, 2.05) is 32.0 Å². The molecule has 1 heterocycles. The van der Waals surface area contributed by atoms with E-state index in [9.17, 15) is 9.59 Å². The van der Waals surface area contributed by atoms with Crippen molar-refractivity contribution >= 4 is 29.3 Å². The molecule has 0 unspecified atom stereocenters. The number of rotatable bonds is 4. The number of halogens is 1. The van der Waals surface area contributed by atoms with Crippen LogP contribution in [0.5, 0.6) is 0 Å². The van der Waals surface area contributed by atoms with E-state index >= 15 is 0 Å². The highest BCUT2D eigenvalue weighted by Crippen LogP contribution is 2.45. The molecule has 1 aliphatic heterocycles. The predicted octanol–water partition coefficient (Wildman–Crippen LogP) is 4.44. The molecule has 2 N–H and O–H groups in total. The number of hydrogen-bond acceptors (Lipinski definition) is 4. The summed E-state index contributed by atoms with van der Waals surface area (Å²) in [5, 5.41) is 5.93. The third kappa shape index (κ3) is 4.12. The highest BCUT2D eigenvalue weighted by Gasteiger charge is 2.48. The van der Waals surface area contributed by atoms with E-state index in [-0.39, 0.29) is 11.5 Å². The maximum Gasteiger partial charge on any atom is 0.339 e. The largest absolute Gasteiger partial charge is 0.471 e. The van der Waals surface area contributed by atoms with Crippen LogP contribution in [0.25, 0.3) is 0 Å². The zero-order valence-electron chi connectivity index (χ0n) is 15.8. The van der Waals surface area contributed by atoms with Crippen molar-refractivity contribution < 1.29 is 19.1 Å². The van der Waals surface area contributed by atoms with Gasteiger partial charge in [0.05, 0.1) is 13.0 Å². The predicted molar refractivity (Wildman–Crippen MR) is 107 cm³/mol. The van der Waals surface area contributed by atoms with Crippen molar-refractivity contribution in [1.82, 2.24) is 5.32 Å². The van der Waals surface area contributed by atoms with Crippen LogP contribution in [-0.4, -0.2) is 24.7 Å². The molecule has 6 nitrogen and oxygen atoms in total. The summed E-state index contributed by atoms with van der Waals surface area (Å²) in [6.45, 7) is 3.69. The van der Waals surface area contributed by atoms with Gasteiger partial charge in [0.25, 0.3) is 0 Å². The van der Waals surface area contributed by atoms with Gasteiger partial charge in [0.1, 0.15) is 11.2 Å². The van der Waals surface area contributed by atoms with Gasteiger partial charge in [-0.1, -0.05) is 41.9 Å². The average Bonchev–Trinajstić information content (AvgIpc) is 2.92. The summed E-state index contributed by atoms with van der Waals surface area (Å²) >= 11 is 5.99. The first-order valence-corrected chi connectivity index (χ1v) is 9.09. The lowest BCUT2D eigenvalue weighted by Crippen LogP contribution is -2.32. The number of carbonyl (C=O) groups is 2. The zero-order chi connectivity index (χ0) is 20.3. The third-order valence-corrected chi connectivity index (χ3v) is 4.71. The highest BCUT2D eigenvalue weighted by molar-refractivity contribution is 6.30. The van der Waals surface area contributed by atoms with Gasteiger partial charge in [-0.05, 0) is 43.7 Å². The molecule has 2 aromatic rings. The van der Waals surface area contributed by atoms with Gasteiger partial charge in [0.2, 0.25) is 5.88 Å². The van der Waals surface area contributed by atoms with Crippen molar-refractivity contribution in [3.05, 3.63) is 76.6 Å². The van der Waals surface area contributed by atoms with Gasteiger partial charge in [0, 0.05) is 10.7 Å². The van der Waals surface area contributed by atoms with E-state index in [0.29, 0.717) is 10.7 Å². The van der Waals surface area contributed by atoms with Crippen LogP contribution in [0.3, 0.4) is 0 Å². The maximum atomic E-state index is 12.5.